The number of anilines is 1. The highest BCUT2D eigenvalue weighted by atomic mass is 19.3. The van der Waals surface area contributed by atoms with Gasteiger partial charge in [-0.25, -0.2) is 8.78 Å². The van der Waals surface area contributed by atoms with Crippen LogP contribution < -0.4 is 21.3 Å². The van der Waals surface area contributed by atoms with Crippen LogP contribution in [0.5, 0.6) is 0 Å². The summed E-state index contributed by atoms with van der Waals surface area (Å²) in [4.78, 5) is 19.8. The number of piperidine rings is 1. The van der Waals surface area contributed by atoms with Crippen molar-refractivity contribution in [2.45, 2.75) is 65.3 Å². The van der Waals surface area contributed by atoms with Crippen molar-refractivity contribution in [1.29, 1.82) is 5.41 Å². The van der Waals surface area contributed by atoms with Crippen molar-refractivity contribution in [2.75, 3.05) is 44.7 Å². The predicted molar refractivity (Wildman–Crippen MR) is 156 cm³/mol. The molecule has 1 amide bonds. The van der Waals surface area contributed by atoms with Crippen LogP contribution in [0.15, 0.2) is 34.6 Å². The third kappa shape index (κ3) is 7.03. The molecule has 1 aromatic carbocycles. The van der Waals surface area contributed by atoms with E-state index in [2.05, 4.69) is 15.6 Å². The van der Waals surface area contributed by atoms with Crippen molar-refractivity contribution in [3.8, 4) is 0 Å². The molecule has 1 aromatic rings. The zero-order valence-corrected chi connectivity index (χ0v) is 23.6. The number of nitrogens with one attached hydrogen (secondary N) is 3. The van der Waals surface area contributed by atoms with Crippen LogP contribution in [0.1, 0.15) is 69.6 Å². The zero-order valence-electron chi connectivity index (χ0n) is 23.6. The number of aryl methyl sites for hydroxylation is 1. The van der Waals surface area contributed by atoms with Crippen LogP contribution in [-0.2, 0) is 11.2 Å². The molecular weight excluding hydrogens is 500 g/mol. The van der Waals surface area contributed by atoms with E-state index in [0.717, 1.165) is 55.6 Å². The Kier molecular flexibility index (Phi) is 11.0. The Morgan fingerprint density at radius 2 is 1.95 bits per heavy atom. The number of hydrogen-bond acceptors (Lipinski definition) is 6. The highest BCUT2D eigenvalue weighted by molar-refractivity contribution is 6.12. The number of amides is 1. The van der Waals surface area contributed by atoms with Gasteiger partial charge in [-0.15, -0.1) is 0 Å². The number of benzene rings is 1. The molecule has 10 heteroatoms. The average molecular weight is 544 g/mol. The van der Waals surface area contributed by atoms with Gasteiger partial charge < -0.3 is 26.2 Å². The quantitative estimate of drug-likeness (QED) is 0.317. The second kappa shape index (κ2) is 14.2. The van der Waals surface area contributed by atoms with Crippen molar-refractivity contribution in [2.24, 2.45) is 10.7 Å². The fourth-order valence-electron chi connectivity index (χ4n) is 5.44. The number of nitrogens with zero attached hydrogens (tertiary/aromatic N) is 3. The molecule has 214 valence electrons. The van der Waals surface area contributed by atoms with Crippen LogP contribution in [0.4, 0.5) is 14.5 Å². The molecule has 1 saturated heterocycles. The molecule has 4 rings (SSSR count). The minimum Gasteiger partial charge on any atom is -0.404 e. The van der Waals surface area contributed by atoms with E-state index in [4.69, 9.17) is 5.73 Å². The Balaban J connectivity index is 0.00000205. The maximum atomic E-state index is 14.2. The second-order valence-electron chi connectivity index (χ2n) is 9.80. The van der Waals surface area contributed by atoms with E-state index in [9.17, 15) is 19.0 Å². The molecule has 0 aliphatic carbocycles. The van der Waals surface area contributed by atoms with Crippen LogP contribution >= 0.6 is 0 Å². The number of nitrogens with two attached hydrogens (primary N) is 1. The highest BCUT2D eigenvalue weighted by Gasteiger charge is 2.31. The summed E-state index contributed by atoms with van der Waals surface area (Å²) in [5, 5.41) is 16.3. The molecule has 0 spiro atoms. The lowest BCUT2D eigenvalue weighted by molar-refractivity contribution is -0.128. The van der Waals surface area contributed by atoms with E-state index < -0.39 is 6.43 Å². The summed E-state index contributed by atoms with van der Waals surface area (Å²) in [6, 6.07) is 3.58. The first-order valence-corrected chi connectivity index (χ1v) is 13.9. The molecule has 0 radical (unpaired) electrons. The van der Waals surface area contributed by atoms with Crippen molar-refractivity contribution in [3.63, 3.8) is 0 Å². The van der Waals surface area contributed by atoms with Gasteiger partial charge in [0, 0.05) is 80.0 Å². The number of carbonyl (C=O) groups excluding carboxylic acids is 1. The number of hydrogen-bond donors (Lipinski definition) is 4. The van der Waals surface area contributed by atoms with Crippen LogP contribution in [-0.4, -0.2) is 68.7 Å². The van der Waals surface area contributed by atoms with Gasteiger partial charge in [-0.05, 0) is 62.0 Å². The average Bonchev–Trinajstić information content (AvgIpc) is 2.96. The Hall–Kier alpha value is -3.27. The van der Waals surface area contributed by atoms with Gasteiger partial charge >= 0.3 is 0 Å². The molecule has 0 bridgehead atoms. The van der Waals surface area contributed by atoms with Gasteiger partial charge in [-0.3, -0.25) is 15.2 Å². The largest absolute Gasteiger partial charge is 0.404 e. The summed E-state index contributed by atoms with van der Waals surface area (Å²) in [5.74, 6) is 0.231. The monoisotopic (exact) mass is 543 g/mol. The number of allylic oxidation sites excluding steroid dienone is 1. The van der Waals surface area contributed by atoms with Gasteiger partial charge in [0.25, 0.3) is 6.43 Å². The van der Waals surface area contributed by atoms with Gasteiger partial charge in [0.15, 0.2) is 0 Å². The molecule has 0 aromatic heterocycles. The van der Waals surface area contributed by atoms with Crippen molar-refractivity contribution in [1.82, 2.24) is 15.5 Å². The Morgan fingerprint density at radius 3 is 2.56 bits per heavy atom. The molecule has 8 nitrogen and oxygen atoms in total. The summed E-state index contributed by atoms with van der Waals surface area (Å²) in [7, 11) is 1.57. The van der Waals surface area contributed by atoms with Crippen LogP contribution in [0, 0.1) is 5.41 Å². The fraction of sp³-hybridized carbons (Fsp3) is 0.552. The number of amidine groups is 1. The van der Waals surface area contributed by atoms with Gasteiger partial charge in [0.05, 0.1) is 6.54 Å². The van der Waals surface area contributed by atoms with E-state index >= 15 is 0 Å². The summed E-state index contributed by atoms with van der Waals surface area (Å²) in [6.07, 6.45) is 4.20. The first-order valence-electron chi connectivity index (χ1n) is 13.9. The van der Waals surface area contributed by atoms with Crippen LogP contribution in [0.3, 0.4) is 0 Å². The molecule has 3 aliphatic rings. The number of alkyl halides is 2. The molecule has 0 atom stereocenters. The fourth-order valence-corrected chi connectivity index (χ4v) is 5.44. The van der Waals surface area contributed by atoms with Gasteiger partial charge in [0.1, 0.15) is 5.84 Å². The maximum absolute atomic E-state index is 14.2. The van der Waals surface area contributed by atoms with Crippen molar-refractivity contribution >= 4 is 29.2 Å². The Labute approximate surface area is 230 Å². The van der Waals surface area contributed by atoms with Crippen molar-refractivity contribution in [3.05, 3.63) is 46.3 Å². The lowest BCUT2D eigenvalue weighted by Crippen LogP contribution is -2.47. The number of fused-ring (bicyclic) bond motifs is 1. The number of carbonyl (C=O) groups is 1. The standard InChI is InChI=1S/C27H37F2N7O.C2H6/c1-17(37)35-11-7-24(34-20-5-8-33-9-6-20)23(16-35)27(31)36-10-3-4-18-12-21(19(14-30)15-32-2)22(26(28)29)13-25(18)36;1-2/h12-15,20,26,31,33-34H,3-11,16,30H2,1-2H3;1-2H3/b19-14+,31-27?,32-15?;. The van der Waals surface area contributed by atoms with E-state index in [1.165, 1.54) is 18.5 Å². The zero-order chi connectivity index (χ0) is 28.5. The number of rotatable bonds is 6. The second-order valence-corrected chi connectivity index (χ2v) is 9.80. The summed E-state index contributed by atoms with van der Waals surface area (Å²) in [5.41, 5.74) is 9.68. The molecule has 3 heterocycles. The molecule has 0 unspecified atom stereocenters. The first-order chi connectivity index (χ1) is 18.8. The molecule has 0 saturated carbocycles. The summed E-state index contributed by atoms with van der Waals surface area (Å²) >= 11 is 0. The first kappa shape index (κ1) is 30.3. The smallest absolute Gasteiger partial charge is 0.264 e. The predicted octanol–water partition coefficient (Wildman–Crippen LogP) is 4.23. The molecule has 39 heavy (non-hydrogen) atoms. The van der Waals surface area contributed by atoms with Crippen LogP contribution in [0.25, 0.3) is 5.57 Å². The summed E-state index contributed by atoms with van der Waals surface area (Å²) < 4.78 is 28.5. The van der Waals surface area contributed by atoms with E-state index in [1.807, 2.05) is 18.7 Å². The molecule has 5 N–H and O–H groups in total. The maximum Gasteiger partial charge on any atom is 0.264 e. The number of aliphatic imine (C=N–C) groups is 1. The van der Waals surface area contributed by atoms with E-state index in [-0.39, 0.29) is 17.3 Å². The van der Waals surface area contributed by atoms with Crippen LogP contribution in [0.2, 0.25) is 0 Å². The normalized spacial score (nSPS) is 18.7. The molecular formula is C29H43F2N7O. The highest BCUT2D eigenvalue weighted by Crippen LogP contribution is 2.38. The minimum atomic E-state index is -2.71. The summed E-state index contributed by atoms with van der Waals surface area (Å²) in [6.45, 7) is 8.91. The number of halogens is 2. The molecule has 1 fully saturated rings. The SMILES string of the molecule is CC.CN=C/C(=C\N)c1cc2c(cc1C(F)F)N(C(=N)C1=C(NC3CCNCC3)CCN(C(C)=O)C1)CCC2. The van der Waals surface area contributed by atoms with Gasteiger partial charge in [-0.1, -0.05) is 13.8 Å². The van der Waals surface area contributed by atoms with Gasteiger partial charge in [-0.2, -0.15) is 0 Å². The van der Waals surface area contributed by atoms with E-state index in [1.54, 1.807) is 24.9 Å². The van der Waals surface area contributed by atoms with E-state index in [0.29, 0.717) is 48.9 Å². The minimum absolute atomic E-state index is 0.0337. The van der Waals surface area contributed by atoms with Gasteiger partial charge in [0.2, 0.25) is 5.91 Å². The Bertz CT molecular complexity index is 1120. The lowest BCUT2D eigenvalue weighted by Gasteiger charge is -2.38. The van der Waals surface area contributed by atoms with Crippen molar-refractivity contribution < 1.29 is 13.6 Å². The topological polar surface area (TPSA) is 110 Å². The third-order valence-corrected chi connectivity index (χ3v) is 7.43. The Morgan fingerprint density at radius 1 is 1.23 bits per heavy atom. The third-order valence-electron chi connectivity index (χ3n) is 7.43. The molecule has 3 aliphatic heterocycles. The lowest BCUT2D eigenvalue weighted by atomic mass is 9.91.